The molecule has 0 saturated heterocycles. The van der Waals surface area contributed by atoms with Crippen molar-refractivity contribution in [2.45, 2.75) is 26.8 Å². The van der Waals surface area contributed by atoms with Gasteiger partial charge in [-0.2, -0.15) is 0 Å². The number of aryl methyl sites for hydroxylation is 1. The van der Waals surface area contributed by atoms with E-state index in [2.05, 4.69) is 12.2 Å². The molecule has 1 aromatic carbocycles. The summed E-state index contributed by atoms with van der Waals surface area (Å²) in [4.78, 5) is 0. The largest absolute Gasteiger partial charge is 0.460 e. The van der Waals surface area contributed by atoms with Crippen molar-refractivity contribution in [3.05, 3.63) is 47.5 Å². The predicted octanol–water partition coefficient (Wildman–Crippen LogP) is 3.89. The van der Waals surface area contributed by atoms with Crippen LogP contribution in [0.5, 0.6) is 0 Å². The summed E-state index contributed by atoms with van der Waals surface area (Å²) >= 11 is 0. The van der Waals surface area contributed by atoms with Gasteiger partial charge in [-0.3, -0.25) is 0 Å². The topological polar surface area (TPSA) is 25.2 Å². The second-order valence-electron chi connectivity index (χ2n) is 4.43. The van der Waals surface area contributed by atoms with Gasteiger partial charge in [0.15, 0.2) is 0 Å². The first-order valence-corrected chi connectivity index (χ1v) is 6.26. The van der Waals surface area contributed by atoms with E-state index >= 15 is 0 Å². The molecule has 0 aliphatic heterocycles. The van der Waals surface area contributed by atoms with Gasteiger partial charge >= 0.3 is 0 Å². The molecule has 0 bridgehead atoms. The Balaban J connectivity index is 2.16. The molecule has 2 rings (SSSR count). The van der Waals surface area contributed by atoms with E-state index < -0.39 is 0 Å². The average molecular weight is 247 g/mol. The summed E-state index contributed by atoms with van der Waals surface area (Å²) < 4.78 is 19.3. The summed E-state index contributed by atoms with van der Waals surface area (Å²) in [5, 5.41) is 3.25. The molecule has 0 radical (unpaired) electrons. The van der Waals surface area contributed by atoms with E-state index in [4.69, 9.17) is 4.42 Å². The van der Waals surface area contributed by atoms with Crippen LogP contribution in [0, 0.1) is 12.7 Å². The van der Waals surface area contributed by atoms with Gasteiger partial charge in [-0.25, -0.2) is 4.39 Å². The average Bonchev–Trinajstić information content (AvgIpc) is 2.81. The Kier molecular flexibility index (Phi) is 4.15. The Morgan fingerprint density at radius 2 is 2.06 bits per heavy atom. The monoisotopic (exact) mass is 247 g/mol. The van der Waals surface area contributed by atoms with Crippen LogP contribution in [0.15, 0.2) is 34.7 Å². The summed E-state index contributed by atoms with van der Waals surface area (Å²) in [5.41, 5.74) is 1.55. The zero-order valence-corrected chi connectivity index (χ0v) is 10.8. The number of hydrogen-bond acceptors (Lipinski definition) is 2. The van der Waals surface area contributed by atoms with Crippen LogP contribution in [-0.4, -0.2) is 6.54 Å². The van der Waals surface area contributed by atoms with Crippen molar-refractivity contribution in [2.75, 3.05) is 6.54 Å². The van der Waals surface area contributed by atoms with Gasteiger partial charge in [-0.15, -0.1) is 0 Å². The molecule has 0 aliphatic carbocycles. The van der Waals surface area contributed by atoms with Crippen molar-refractivity contribution in [1.82, 2.24) is 5.32 Å². The summed E-state index contributed by atoms with van der Waals surface area (Å²) in [7, 11) is 0. The van der Waals surface area contributed by atoms with E-state index in [9.17, 15) is 4.39 Å². The minimum absolute atomic E-state index is 0.247. The smallest absolute Gasteiger partial charge is 0.137 e. The molecule has 0 aliphatic rings. The van der Waals surface area contributed by atoms with Gasteiger partial charge in [0.1, 0.15) is 17.3 Å². The first-order chi connectivity index (χ1) is 8.70. The van der Waals surface area contributed by atoms with Crippen molar-refractivity contribution >= 4 is 0 Å². The third kappa shape index (κ3) is 2.99. The standard InChI is InChI=1S/C15H18FNO/c1-3-8-17-10-12-5-7-15(18-12)13-9-11(2)4-6-14(13)16/h4-7,9,17H,3,8,10H2,1-2H3. The Morgan fingerprint density at radius 1 is 1.22 bits per heavy atom. The van der Waals surface area contributed by atoms with Crippen LogP contribution in [0.1, 0.15) is 24.7 Å². The molecular weight excluding hydrogens is 229 g/mol. The van der Waals surface area contributed by atoms with Gasteiger partial charge < -0.3 is 9.73 Å². The highest BCUT2D eigenvalue weighted by Gasteiger charge is 2.09. The van der Waals surface area contributed by atoms with Crippen molar-refractivity contribution in [3.8, 4) is 11.3 Å². The van der Waals surface area contributed by atoms with Crippen molar-refractivity contribution in [2.24, 2.45) is 0 Å². The van der Waals surface area contributed by atoms with Gasteiger partial charge in [0, 0.05) is 0 Å². The molecule has 3 heteroatoms. The van der Waals surface area contributed by atoms with E-state index in [0.717, 1.165) is 24.3 Å². The lowest BCUT2D eigenvalue weighted by molar-refractivity contribution is 0.490. The van der Waals surface area contributed by atoms with Gasteiger partial charge in [-0.1, -0.05) is 18.6 Å². The van der Waals surface area contributed by atoms with E-state index in [0.29, 0.717) is 17.9 Å². The molecule has 96 valence electrons. The molecule has 0 amide bonds. The maximum Gasteiger partial charge on any atom is 0.137 e. The predicted molar refractivity (Wildman–Crippen MR) is 70.8 cm³/mol. The molecule has 2 nitrogen and oxygen atoms in total. The van der Waals surface area contributed by atoms with Crippen LogP contribution in [0.25, 0.3) is 11.3 Å². The zero-order valence-electron chi connectivity index (χ0n) is 10.8. The van der Waals surface area contributed by atoms with Crippen LogP contribution in [0.2, 0.25) is 0 Å². The van der Waals surface area contributed by atoms with Crippen molar-refractivity contribution in [1.29, 1.82) is 0 Å². The van der Waals surface area contributed by atoms with Crippen LogP contribution in [0.4, 0.5) is 4.39 Å². The molecule has 0 saturated carbocycles. The molecular formula is C15H18FNO. The lowest BCUT2D eigenvalue weighted by Crippen LogP contribution is -2.12. The zero-order chi connectivity index (χ0) is 13.0. The quantitative estimate of drug-likeness (QED) is 0.811. The van der Waals surface area contributed by atoms with Crippen LogP contribution >= 0.6 is 0 Å². The van der Waals surface area contributed by atoms with Crippen molar-refractivity contribution in [3.63, 3.8) is 0 Å². The Hall–Kier alpha value is -1.61. The highest BCUT2D eigenvalue weighted by atomic mass is 19.1. The first-order valence-electron chi connectivity index (χ1n) is 6.26. The Morgan fingerprint density at radius 3 is 2.83 bits per heavy atom. The van der Waals surface area contributed by atoms with Gasteiger partial charge in [0.2, 0.25) is 0 Å². The molecule has 1 N–H and O–H groups in total. The molecule has 0 atom stereocenters. The number of benzene rings is 1. The van der Waals surface area contributed by atoms with E-state index in [1.807, 2.05) is 19.1 Å². The lowest BCUT2D eigenvalue weighted by Gasteiger charge is -2.02. The first kappa shape index (κ1) is 12.8. The van der Waals surface area contributed by atoms with Crippen molar-refractivity contribution < 1.29 is 8.81 Å². The fraction of sp³-hybridized carbons (Fsp3) is 0.333. The second kappa shape index (κ2) is 5.83. The maximum atomic E-state index is 13.7. The minimum Gasteiger partial charge on any atom is -0.460 e. The number of rotatable bonds is 5. The highest BCUT2D eigenvalue weighted by molar-refractivity contribution is 5.59. The van der Waals surface area contributed by atoms with Gasteiger partial charge in [-0.05, 0) is 44.2 Å². The summed E-state index contributed by atoms with van der Waals surface area (Å²) in [6.07, 6.45) is 1.08. The third-order valence-electron chi connectivity index (χ3n) is 2.77. The van der Waals surface area contributed by atoms with Crippen LogP contribution in [-0.2, 0) is 6.54 Å². The molecule has 0 spiro atoms. The number of nitrogens with one attached hydrogen (secondary N) is 1. The SMILES string of the molecule is CCCNCc1ccc(-c2cc(C)ccc2F)o1. The lowest BCUT2D eigenvalue weighted by atomic mass is 10.1. The fourth-order valence-corrected chi connectivity index (χ4v) is 1.83. The molecule has 1 heterocycles. The van der Waals surface area contributed by atoms with Gasteiger partial charge in [0.25, 0.3) is 0 Å². The number of furan rings is 1. The normalized spacial score (nSPS) is 10.8. The minimum atomic E-state index is -0.247. The molecule has 1 aromatic heterocycles. The maximum absolute atomic E-state index is 13.7. The Labute approximate surface area is 107 Å². The molecule has 2 aromatic rings. The summed E-state index contributed by atoms with van der Waals surface area (Å²) in [6, 6.07) is 8.74. The summed E-state index contributed by atoms with van der Waals surface area (Å²) in [5.74, 6) is 1.17. The second-order valence-corrected chi connectivity index (χ2v) is 4.43. The van der Waals surface area contributed by atoms with Crippen LogP contribution < -0.4 is 5.32 Å². The fourth-order valence-electron chi connectivity index (χ4n) is 1.83. The molecule has 0 fully saturated rings. The van der Waals surface area contributed by atoms with E-state index in [-0.39, 0.29) is 5.82 Å². The number of halogens is 1. The third-order valence-corrected chi connectivity index (χ3v) is 2.77. The van der Waals surface area contributed by atoms with E-state index in [1.54, 1.807) is 12.1 Å². The highest BCUT2D eigenvalue weighted by Crippen LogP contribution is 2.25. The summed E-state index contributed by atoms with van der Waals surface area (Å²) in [6.45, 7) is 5.69. The van der Waals surface area contributed by atoms with Crippen LogP contribution in [0.3, 0.4) is 0 Å². The molecule has 18 heavy (non-hydrogen) atoms. The van der Waals surface area contributed by atoms with E-state index in [1.165, 1.54) is 6.07 Å². The Bertz CT molecular complexity index is 519. The number of hydrogen-bond donors (Lipinski definition) is 1. The molecule has 0 unspecified atom stereocenters. The van der Waals surface area contributed by atoms with Gasteiger partial charge in [0.05, 0.1) is 12.1 Å².